The Morgan fingerprint density at radius 1 is 0.906 bits per heavy atom. The van der Waals surface area contributed by atoms with Gasteiger partial charge in [0.2, 0.25) is 0 Å². The van der Waals surface area contributed by atoms with Crippen LogP contribution in [0, 0.1) is 0 Å². The van der Waals surface area contributed by atoms with Crippen LogP contribution in [0.2, 0.25) is 0 Å². The molecule has 32 heavy (non-hydrogen) atoms. The summed E-state index contributed by atoms with van der Waals surface area (Å²) >= 11 is 1.76. The van der Waals surface area contributed by atoms with Crippen LogP contribution in [0.25, 0.3) is 42.6 Å². The summed E-state index contributed by atoms with van der Waals surface area (Å²) < 4.78 is 2.40. The average molecular weight is 440 g/mol. The van der Waals surface area contributed by atoms with E-state index in [1.807, 2.05) is 18.3 Å². The van der Waals surface area contributed by atoms with Crippen LogP contribution >= 0.6 is 11.3 Å². The molecule has 0 aliphatic rings. The predicted molar refractivity (Wildman–Crippen MR) is 130 cm³/mol. The van der Waals surface area contributed by atoms with Crippen molar-refractivity contribution in [2.75, 3.05) is 0 Å². The van der Waals surface area contributed by atoms with Crippen LogP contribution in [0.5, 0.6) is 0 Å². The molecule has 2 aromatic heterocycles. The molecule has 4 nitrogen and oxygen atoms in total. The standard InChI is InChI=1S/C27H21NO3S/c1-16(2)19-13-14-28-24(15-19)23-8-4-7-22-21-6-3-5-20(25(21)32-26(22)23)17-9-11-18(12-10-17)27(29)31-30/h3-16,30H,1-2H3. The van der Waals surface area contributed by atoms with Crippen LogP contribution < -0.4 is 0 Å². The summed E-state index contributed by atoms with van der Waals surface area (Å²) in [4.78, 5) is 20.1. The minimum absolute atomic E-state index is 0.304. The Hall–Kier alpha value is -3.54. The number of carbonyl (C=O) groups is 1. The van der Waals surface area contributed by atoms with Gasteiger partial charge in [-0.05, 0) is 46.9 Å². The molecular weight excluding hydrogens is 418 g/mol. The summed E-state index contributed by atoms with van der Waals surface area (Å²) in [5, 5.41) is 11.0. The van der Waals surface area contributed by atoms with Crippen molar-refractivity contribution in [3.05, 3.63) is 90.1 Å². The van der Waals surface area contributed by atoms with Gasteiger partial charge in [-0.3, -0.25) is 9.87 Å². The van der Waals surface area contributed by atoms with E-state index < -0.39 is 5.97 Å². The van der Waals surface area contributed by atoms with Gasteiger partial charge in [-0.2, -0.15) is 5.26 Å². The quantitative estimate of drug-likeness (QED) is 0.232. The van der Waals surface area contributed by atoms with Gasteiger partial charge in [-0.15, -0.1) is 11.3 Å². The van der Waals surface area contributed by atoms with Crippen molar-refractivity contribution in [2.24, 2.45) is 0 Å². The van der Waals surface area contributed by atoms with Crippen LogP contribution in [0.3, 0.4) is 0 Å². The zero-order valence-electron chi connectivity index (χ0n) is 17.7. The fourth-order valence-electron chi connectivity index (χ4n) is 4.04. The van der Waals surface area contributed by atoms with Gasteiger partial charge in [0.25, 0.3) is 0 Å². The number of rotatable bonds is 4. The molecule has 2 heterocycles. The predicted octanol–water partition coefficient (Wildman–Crippen LogP) is 7.54. The van der Waals surface area contributed by atoms with E-state index in [1.54, 1.807) is 23.5 Å². The molecule has 0 saturated heterocycles. The van der Waals surface area contributed by atoms with Crippen molar-refractivity contribution < 1.29 is 14.9 Å². The minimum atomic E-state index is -0.766. The second-order valence-corrected chi connectivity index (χ2v) is 9.07. The van der Waals surface area contributed by atoms with E-state index in [2.05, 4.69) is 72.2 Å². The highest BCUT2D eigenvalue weighted by Gasteiger charge is 2.15. The largest absolute Gasteiger partial charge is 0.372 e. The lowest BCUT2D eigenvalue weighted by Crippen LogP contribution is -2.00. The maximum absolute atomic E-state index is 11.6. The molecule has 0 spiro atoms. The summed E-state index contributed by atoms with van der Waals surface area (Å²) in [5.41, 5.74) is 5.80. The fourth-order valence-corrected chi connectivity index (χ4v) is 5.40. The Labute approximate surface area is 189 Å². The normalized spacial score (nSPS) is 11.4. The molecule has 1 N–H and O–H groups in total. The monoisotopic (exact) mass is 439 g/mol. The Morgan fingerprint density at radius 2 is 1.56 bits per heavy atom. The van der Waals surface area contributed by atoms with Crippen molar-refractivity contribution in [1.82, 2.24) is 4.98 Å². The first-order valence-corrected chi connectivity index (χ1v) is 11.2. The van der Waals surface area contributed by atoms with E-state index in [1.165, 1.54) is 25.7 Å². The maximum atomic E-state index is 11.6. The van der Waals surface area contributed by atoms with Gasteiger partial charge in [0.1, 0.15) is 0 Å². The molecule has 0 aliphatic carbocycles. The Kier molecular flexibility index (Phi) is 5.21. The summed E-state index contributed by atoms with van der Waals surface area (Å²) in [6.07, 6.45) is 1.89. The van der Waals surface area contributed by atoms with Gasteiger partial charge in [0, 0.05) is 31.9 Å². The van der Waals surface area contributed by atoms with E-state index in [4.69, 9.17) is 5.26 Å². The minimum Gasteiger partial charge on any atom is -0.296 e. The summed E-state index contributed by atoms with van der Waals surface area (Å²) in [5.74, 6) is -0.326. The number of fused-ring (bicyclic) bond motifs is 3. The molecule has 0 atom stereocenters. The molecule has 0 fully saturated rings. The van der Waals surface area contributed by atoms with Gasteiger partial charge >= 0.3 is 5.97 Å². The second-order valence-electron chi connectivity index (χ2n) is 8.05. The number of benzene rings is 3. The summed E-state index contributed by atoms with van der Waals surface area (Å²) in [7, 11) is 0. The Bertz CT molecular complexity index is 1450. The smallest absolute Gasteiger partial charge is 0.296 e. The molecule has 0 aliphatic heterocycles. The number of thiophene rings is 1. The molecule has 5 aromatic rings. The molecule has 0 unspecified atom stereocenters. The number of aromatic nitrogens is 1. The lowest BCUT2D eigenvalue weighted by molar-refractivity contribution is -0.182. The van der Waals surface area contributed by atoms with Crippen molar-refractivity contribution in [3.8, 4) is 22.4 Å². The van der Waals surface area contributed by atoms with Crippen molar-refractivity contribution in [1.29, 1.82) is 0 Å². The first kappa shape index (κ1) is 20.4. The van der Waals surface area contributed by atoms with E-state index in [9.17, 15) is 4.79 Å². The molecule has 0 radical (unpaired) electrons. The highest BCUT2D eigenvalue weighted by atomic mass is 32.1. The summed E-state index contributed by atoms with van der Waals surface area (Å²) in [6.45, 7) is 4.38. The maximum Gasteiger partial charge on any atom is 0.372 e. The first-order valence-electron chi connectivity index (χ1n) is 10.4. The highest BCUT2D eigenvalue weighted by molar-refractivity contribution is 7.26. The zero-order chi connectivity index (χ0) is 22.2. The topological polar surface area (TPSA) is 59.4 Å². The number of hydrogen-bond donors (Lipinski definition) is 1. The van der Waals surface area contributed by atoms with Crippen LogP contribution in [-0.2, 0) is 4.89 Å². The zero-order valence-corrected chi connectivity index (χ0v) is 18.5. The first-order chi connectivity index (χ1) is 15.6. The number of hydrogen-bond acceptors (Lipinski definition) is 5. The number of nitrogens with zero attached hydrogens (tertiary/aromatic N) is 1. The second kappa shape index (κ2) is 8.19. The Balaban J connectivity index is 1.69. The van der Waals surface area contributed by atoms with E-state index >= 15 is 0 Å². The molecule has 0 saturated carbocycles. The molecule has 158 valence electrons. The molecule has 5 heteroatoms. The summed E-state index contributed by atoms with van der Waals surface area (Å²) in [6, 6.07) is 24.0. The van der Waals surface area contributed by atoms with E-state index in [0.717, 1.165) is 22.4 Å². The van der Waals surface area contributed by atoms with Gasteiger partial charge < -0.3 is 0 Å². The van der Waals surface area contributed by atoms with Crippen LogP contribution in [0.1, 0.15) is 35.7 Å². The van der Waals surface area contributed by atoms with E-state index in [-0.39, 0.29) is 0 Å². The number of pyridine rings is 1. The number of carbonyl (C=O) groups excluding carboxylic acids is 1. The average Bonchev–Trinajstić information content (AvgIpc) is 3.23. The van der Waals surface area contributed by atoms with Crippen molar-refractivity contribution in [3.63, 3.8) is 0 Å². The Morgan fingerprint density at radius 3 is 2.22 bits per heavy atom. The fraction of sp³-hybridized carbons (Fsp3) is 0.111. The molecule has 5 rings (SSSR count). The van der Waals surface area contributed by atoms with Crippen molar-refractivity contribution in [2.45, 2.75) is 19.8 Å². The third-order valence-electron chi connectivity index (χ3n) is 5.77. The van der Waals surface area contributed by atoms with Gasteiger partial charge in [0.05, 0.1) is 11.3 Å². The highest BCUT2D eigenvalue weighted by Crippen LogP contribution is 2.43. The molecule has 3 aromatic carbocycles. The van der Waals surface area contributed by atoms with Crippen LogP contribution in [-0.4, -0.2) is 16.2 Å². The lowest BCUT2D eigenvalue weighted by atomic mass is 9.99. The third-order valence-corrected chi connectivity index (χ3v) is 7.05. The molecular formula is C27H21NO3S. The lowest BCUT2D eigenvalue weighted by Gasteiger charge is -2.08. The third kappa shape index (κ3) is 3.45. The van der Waals surface area contributed by atoms with E-state index in [0.29, 0.717) is 11.5 Å². The molecule has 0 bridgehead atoms. The van der Waals surface area contributed by atoms with Gasteiger partial charge in [-0.25, -0.2) is 4.79 Å². The van der Waals surface area contributed by atoms with Crippen LogP contribution in [0.4, 0.5) is 0 Å². The van der Waals surface area contributed by atoms with Crippen LogP contribution in [0.15, 0.2) is 79.0 Å². The molecule has 0 amide bonds. The van der Waals surface area contributed by atoms with Gasteiger partial charge in [-0.1, -0.05) is 62.4 Å². The SMILES string of the molecule is CC(C)c1ccnc(-c2cccc3c2sc2c(-c4ccc(C(=O)OO)cc4)cccc23)c1. The van der Waals surface area contributed by atoms with Crippen molar-refractivity contribution >= 4 is 37.5 Å². The van der Waals surface area contributed by atoms with Gasteiger partial charge in [0.15, 0.2) is 0 Å².